The van der Waals surface area contributed by atoms with E-state index < -0.39 is 0 Å². The Bertz CT molecular complexity index is 413. The number of carbonyl (C=O) groups is 1. The van der Waals surface area contributed by atoms with Crippen molar-refractivity contribution in [3.63, 3.8) is 0 Å². The minimum atomic E-state index is 0.0325. The minimum absolute atomic E-state index is 0.0325. The molecule has 0 amide bonds. The van der Waals surface area contributed by atoms with Crippen LogP contribution in [0.1, 0.15) is 59.1 Å². The number of hydrogen-bond acceptors (Lipinski definition) is 3. The first-order valence-corrected chi connectivity index (χ1v) is 7.16. The van der Waals surface area contributed by atoms with Gasteiger partial charge in [-0.1, -0.05) is 34.6 Å². The Balaban J connectivity index is 2.49. The Morgan fingerprint density at radius 2 is 2.00 bits per heavy atom. The molecular formula is C16H27NO2. The van der Waals surface area contributed by atoms with Gasteiger partial charge in [-0.25, -0.2) is 4.98 Å². The number of aryl methyl sites for hydroxylation is 2. The van der Waals surface area contributed by atoms with E-state index in [0.29, 0.717) is 18.1 Å². The van der Waals surface area contributed by atoms with E-state index >= 15 is 0 Å². The monoisotopic (exact) mass is 265 g/mol. The van der Waals surface area contributed by atoms with Gasteiger partial charge in [-0.2, -0.15) is 0 Å². The summed E-state index contributed by atoms with van der Waals surface area (Å²) in [6.45, 7) is 12.6. The molecule has 1 rings (SSSR count). The van der Waals surface area contributed by atoms with E-state index in [4.69, 9.17) is 4.42 Å². The zero-order valence-corrected chi connectivity index (χ0v) is 13.1. The first-order chi connectivity index (χ1) is 8.71. The molecule has 1 heterocycles. The number of hydrogen-bond donors (Lipinski definition) is 0. The lowest BCUT2D eigenvalue weighted by Crippen LogP contribution is -2.32. The molecule has 0 aromatic carbocycles. The standard InChI is InChI=1S/C16H27NO2/c1-11(2)15(16(4,5)6)13(18)8-7-9-14-17-10-12(3)19-14/h10-11,15H,7-9H2,1-6H3. The van der Waals surface area contributed by atoms with E-state index in [1.54, 1.807) is 6.20 Å². The van der Waals surface area contributed by atoms with E-state index in [0.717, 1.165) is 24.5 Å². The highest BCUT2D eigenvalue weighted by atomic mass is 16.3. The largest absolute Gasteiger partial charge is 0.446 e. The SMILES string of the molecule is Cc1cnc(CCCC(=O)C(C(C)C)C(C)(C)C)o1. The van der Waals surface area contributed by atoms with Crippen molar-refractivity contribution in [1.82, 2.24) is 4.98 Å². The highest BCUT2D eigenvalue weighted by molar-refractivity contribution is 5.81. The molecule has 3 nitrogen and oxygen atoms in total. The van der Waals surface area contributed by atoms with Gasteiger partial charge in [0.05, 0.1) is 6.20 Å². The van der Waals surface area contributed by atoms with Gasteiger partial charge in [0, 0.05) is 18.8 Å². The van der Waals surface area contributed by atoms with Gasteiger partial charge in [-0.15, -0.1) is 0 Å². The lowest BCUT2D eigenvalue weighted by atomic mass is 9.71. The van der Waals surface area contributed by atoms with Crippen LogP contribution < -0.4 is 0 Å². The highest BCUT2D eigenvalue weighted by Gasteiger charge is 2.32. The third-order valence-electron chi connectivity index (χ3n) is 3.43. The van der Waals surface area contributed by atoms with Crippen LogP contribution >= 0.6 is 0 Å². The molecule has 0 spiro atoms. The van der Waals surface area contributed by atoms with Crippen LogP contribution in [0.25, 0.3) is 0 Å². The second kappa shape index (κ2) is 6.36. The molecule has 108 valence electrons. The Kier molecular flexibility index (Phi) is 5.33. The van der Waals surface area contributed by atoms with Crippen molar-refractivity contribution in [2.24, 2.45) is 17.3 Å². The van der Waals surface area contributed by atoms with Gasteiger partial charge < -0.3 is 4.42 Å². The molecule has 0 N–H and O–H groups in total. The van der Waals surface area contributed by atoms with Crippen molar-refractivity contribution in [2.75, 3.05) is 0 Å². The third kappa shape index (κ3) is 4.81. The molecule has 0 radical (unpaired) electrons. The van der Waals surface area contributed by atoms with Gasteiger partial charge in [-0.3, -0.25) is 4.79 Å². The van der Waals surface area contributed by atoms with E-state index in [1.807, 2.05) is 6.92 Å². The number of nitrogens with zero attached hydrogens (tertiary/aromatic N) is 1. The molecule has 0 aliphatic carbocycles. The predicted octanol–water partition coefficient (Wildman–Crippen LogP) is 4.19. The van der Waals surface area contributed by atoms with Gasteiger partial charge in [0.25, 0.3) is 0 Å². The summed E-state index contributed by atoms with van der Waals surface area (Å²) in [5.41, 5.74) is 0.0325. The van der Waals surface area contributed by atoms with Crippen LogP contribution in [-0.4, -0.2) is 10.8 Å². The number of carbonyl (C=O) groups excluding carboxylic acids is 1. The fourth-order valence-electron chi connectivity index (χ4n) is 2.94. The predicted molar refractivity (Wildman–Crippen MR) is 77.0 cm³/mol. The molecule has 1 unspecified atom stereocenters. The average Bonchev–Trinajstić information content (AvgIpc) is 2.61. The third-order valence-corrected chi connectivity index (χ3v) is 3.43. The van der Waals surface area contributed by atoms with E-state index in [9.17, 15) is 4.79 Å². The van der Waals surface area contributed by atoms with Crippen LogP contribution in [0.3, 0.4) is 0 Å². The first-order valence-electron chi connectivity index (χ1n) is 7.16. The van der Waals surface area contributed by atoms with Crippen LogP contribution in [-0.2, 0) is 11.2 Å². The lowest BCUT2D eigenvalue weighted by Gasteiger charge is -2.32. The minimum Gasteiger partial charge on any atom is -0.446 e. The molecule has 1 aromatic rings. The second-order valence-electron chi connectivity index (χ2n) is 6.77. The maximum atomic E-state index is 12.4. The molecule has 0 saturated carbocycles. The van der Waals surface area contributed by atoms with Crippen LogP contribution in [0.2, 0.25) is 0 Å². The normalized spacial score (nSPS) is 13.8. The van der Waals surface area contributed by atoms with Gasteiger partial charge in [0.2, 0.25) is 0 Å². The number of rotatable bonds is 6. The zero-order valence-electron chi connectivity index (χ0n) is 13.1. The van der Waals surface area contributed by atoms with Crippen LogP contribution in [0.15, 0.2) is 10.6 Å². The van der Waals surface area contributed by atoms with Crippen molar-refractivity contribution in [3.05, 3.63) is 17.8 Å². The second-order valence-corrected chi connectivity index (χ2v) is 6.77. The summed E-state index contributed by atoms with van der Waals surface area (Å²) in [5.74, 6) is 2.44. The maximum absolute atomic E-state index is 12.4. The Labute approximate surface area is 116 Å². The van der Waals surface area contributed by atoms with Crippen molar-refractivity contribution < 1.29 is 9.21 Å². The Morgan fingerprint density at radius 1 is 1.37 bits per heavy atom. The van der Waals surface area contributed by atoms with Gasteiger partial charge >= 0.3 is 0 Å². The Hall–Kier alpha value is -1.12. The quantitative estimate of drug-likeness (QED) is 0.774. The summed E-state index contributed by atoms with van der Waals surface area (Å²) in [6.07, 6.45) is 3.90. The number of aromatic nitrogens is 1. The zero-order chi connectivity index (χ0) is 14.6. The fourth-order valence-corrected chi connectivity index (χ4v) is 2.94. The molecule has 0 bridgehead atoms. The highest BCUT2D eigenvalue weighted by Crippen LogP contribution is 2.33. The molecule has 19 heavy (non-hydrogen) atoms. The van der Waals surface area contributed by atoms with Crippen LogP contribution in [0, 0.1) is 24.2 Å². The summed E-state index contributed by atoms with van der Waals surface area (Å²) in [5, 5.41) is 0. The average molecular weight is 265 g/mol. The molecule has 0 saturated heterocycles. The van der Waals surface area contributed by atoms with E-state index in [2.05, 4.69) is 39.6 Å². The molecule has 1 atom stereocenters. The first kappa shape index (κ1) is 15.9. The van der Waals surface area contributed by atoms with E-state index in [1.165, 1.54) is 0 Å². The van der Waals surface area contributed by atoms with Crippen molar-refractivity contribution in [1.29, 1.82) is 0 Å². The van der Waals surface area contributed by atoms with Crippen LogP contribution in [0.4, 0.5) is 0 Å². The molecule has 0 fully saturated rings. The van der Waals surface area contributed by atoms with Crippen LogP contribution in [0.5, 0.6) is 0 Å². The summed E-state index contributed by atoms with van der Waals surface area (Å²) in [6, 6.07) is 0. The smallest absolute Gasteiger partial charge is 0.194 e. The van der Waals surface area contributed by atoms with Gasteiger partial charge in [-0.05, 0) is 24.7 Å². The lowest BCUT2D eigenvalue weighted by molar-refractivity contribution is -0.128. The topological polar surface area (TPSA) is 43.1 Å². The number of oxazole rings is 1. The summed E-state index contributed by atoms with van der Waals surface area (Å²) < 4.78 is 5.42. The van der Waals surface area contributed by atoms with Gasteiger partial charge in [0.1, 0.15) is 11.5 Å². The molecule has 0 aliphatic heterocycles. The molecular weight excluding hydrogens is 238 g/mol. The summed E-state index contributed by atoms with van der Waals surface area (Å²) in [7, 11) is 0. The number of Topliss-reactive ketones (excluding diaryl/α,β-unsaturated/α-hetero) is 1. The summed E-state index contributed by atoms with van der Waals surface area (Å²) >= 11 is 0. The van der Waals surface area contributed by atoms with E-state index in [-0.39, 0.29) is 11.3 Å². The molecule has 0 aliphatic rings. The summed E-state index contributed by atoms with van der Waals surface area (Å²) in [4.78, 5) is 16.5. The molecule has 3 heteroatoms. The van der Waals surface area contributed by atoms with Crippen molar-refractivity contribution in [2.45, 2.75) is 60.8 Å². The molecule has 1 aromatic heterocycles. The van der Waals surface area contributed by atoms with Crippen molar-refractivity contribution in [3.8, 4) is 0 Å². The Morgan fingerprint density at radius 3 is 2.42 bits per heavy atom. The van der Waals surface area contributed by atoms with Gasteiger partial charge in [0.15, 0.2) is 5.89 Å². The number of ketones is 1. The maximum Gasteiger partial charge on any atom is 0.194 e. The van der Waals surface area contributed by atoms with Crippen molar-refractivity contribution >= 4 is 5.78 Å². The fraction of sp³-hybridized carbons (Fsp3) is 0.750.